The van der Waals surface area contributed by atoms with Crippen LogP contribution in [0.3, 0.4) is 0 Å². The van der Waals surface area contributed by atoms with Crippen LogP contribution in [-0.2, 0) is 0 Å². The van der Waals surface area contributed by atoms with E-state index in [-0.39, 0.29) is 5.91 Å². The molecule has 0 radical (unpaired) electrons. The minimum Gasteiger partial charge on any atom is -0.360 e. The number of carbonyl (C=O) groups is 1. The van der Waals surface area contributed by atoms with Crippen molar-refractivity contribution in [3.63, 3.8) is 0 Å². The number of aryl methyl sites for hydroxylation is 2. The number of aromatic nitrogens is 3. The van der Waals surface area contributed by atoms with Crippen LogP contribution < -0.4 is 5.32 Å². The standard InChI is InChI=1S/C14H12Br2N4O/c1-6-13(7(2)20-19-6)18-14(21)9-5-17-12-4-11(16)10(15)3-8(9)12/h3-5,17H,1-2H3,(H,18,21)(H,19,20). The Labute approximate surface area is 137 Å². The van der Waals surface area contributed by atoms with Gasteiger partial charge in [0.1, 0.15) is 0 Å². The first-order valence-corrected chi connectivity index (χ1v) is 7.85. The van der Waals surface area contributed by atoms with Crippen molar-refractivity contribution in [2.45, 2.75) is 13.8 Å². The van der Waals surface area contributed by atoms with Crippen molar-refractivity contribution in [2.75, 3.05) is 5.32 Å². The molecule has 1 amide bonds. The highest BCUT2D eigenvalue weighted by molar-refractivity contribution is 9.13. The van der Waals surface area contributed by atoms with Gasteiger partial charge in [-0.25, -0.2) is 0 Å². The van der Waals surface area contributed by atoms with Crippen LogP contribution in [0.25, 0.3) is 10.9 Å². The largest absolute Gasteiger partial charge is 0.360 e. The van der Waals surface area contributed by atoms with E-state index in [0.717, 1.165) is 36.9 Å². The lowest BCUT2D eigenvalue weighted by Gasteiger charge is -2.05. The van der Waals surface area contributed by atoms with Gasteiger partial charge in [0.15, 0.2) is 0 Å². The molecule has 108 valence electrons. The first kappa shape index (κ1) is 14.3. The predicted molar refractivity (Wildman–Crippen MR) is 89.7 cm³/mol. The number of hydrogen-bond donors (Lipinski definition) is 3. The van der Waals surface area contributed by atoms with Gasteiger partial charge in [-0.15, -0.1) is 0 Å². The van der Waals surface area contributed by atoms with Crippen LogP contribution in [0.1, 0.15) is 21.7 Å². The van der Waals surface area contributed by atoms with E-state index in [4.69, 9.17) is 0 Å². The fourth-order valence-electron chi connectivity index (χ4n) is 2.22. The quantitative estimate of drug-likeness (QED) is 0.588. The molecule has 0 saturated heterocycles. The number of halogens is 2. The van der Waals surface area contributed by atoms with E-state index in [1.165, 1.54) is 0 Å². The van der Waals surface area contributed by atoms with Crippen LogP contribution in [0, 0.1) is 13.8 Å². The summed E-state index contributed by atoms with van der Waals surface area (Å²) in [5.41, 5.74) is 3.83. The van der Waals surface area contributed by atoms with Gasteiger partial charge in [0.05, 0.1) is 22.6 Å². The van der Waals surface area contributed by atoms with Crippen molar-refractivity contribution in [1.82, 2.24) is 15.2 Å². The summed E-state index contributed by atoms with van der Waals surface area (Å²) >= 11 is 6.91. The highest BCUT2D eigenvalue weighted by atomic mass is 79.9. The molecule has 0 saturated carbocycles. The van der Waals surface area contributed by atoms with Crippen molar-refractivity contribution in [3.8, 4) is 0 Å². The molecule has 21 heavy (non-hydrogen) atoms. The van der Waals surface area contributed by atoms with Crippen LogP contribution in [-0.4, -0.2) is 21.1 Å². The number of H-pyrrole nitrogens is 2. The molecule has 2 aromatic heterocycles. The van der Waals surface area contributed by atoms with Gasteiger partial charge in [-0.2, -0.15) is 5.10 Å². The lowest BCUT2D eigenvalue weighted by molar-refractivity contribution is 0.102. The third-order valence-corrected chi connectivity index (χ3v) is 5.18. The summed E-state index contributed by atoms with van der Waals surface area (Å²) in [6, 6.07) is 3.85. The molecule has 7 heteroatoms. The Morgan fingerprint density at radius 3 is 2.62 bits per heavy atom. The molecule has 3 aromatic rings. The second kappa shape index (κ2) is 5.31. The van der Waals surface area contributed by atoms with E-state index >= 15 is 0 Å². The molecule has 0 bridgehead atoms. The van der Waals surface area contributed by atoms with Crippen LogP contribution in [0.2, 0.25) is 0 Å². The molecule has 0 unspecified atom stereocenters. The molecule has 1 aromatic carbocycles. The van der Waals surface area contributed by atoms with Crippen molar-refractivity contribution in [2.24, 2.45) is 0 Å². The number of amides is 1. The van der Waals surface area contributed by atoms with Gasteiger partial charge in [-0.05, 0) is 57.8 Å². The lowest BCUT2D eigenvalue weighted by atomic mass is 10.1. The highest BCUT2D eigenvalue weighted by Gasteiger charge is 2.16. The van der Waals surface area contributed by atoms with E-state index in [2.05, 4.69) is 52.4 Å². The van der Waals surface area contributed by atoms with Crippen molar-refractivity contribution in [1.29, 1.82) is 0 Å². The predicted octanol–water partition coefficient (Wildman–Crippen LogP) is 4.29. The minimum absolute atomic E-state index is 0.164. The highest BCUT2D eigenvalue weighted by Crippen LogP contribution is 2.30. The fraction of sp³-hybridized carbons (Fsp3) is 0.143. The Morgan fingerprint density at radius 1 is 1.24 bits per heavy atom. The number of rotatable bonds is 2. The summed E-state index contributed by atoms with van der Waals surface area (Å²) < 4.78 is 1.84. The van der Waals surface area contributed by atoms with E-state index in [1.807, 2.05) is 26.0 Å². The third kappa shape index (κ3) is 2.51. The third-order valence-electron chi connectivity index (χ3n) is 3.33. The zero-order valence-electron chi connectivity index (χ0n) is 11.3. The molecule has 3 rings (SSSR count). The first-order valence-electron chi connectivity index (χ1n) is 6.26. The summed E-state index contributed by atoms with van der Waals surface area (Å²) in [7, 11) is 0. The topological polar surface area (TPSA) is 73.6 Å². The lowest BCUT2D eigenvalue weighted by Crippen LogP contribution is -2.12. The van der Waals surface area contributed by atoms with Crippen LogP contribution in [0.15, 0.2) is 27.3 Å². The number of nitrogens with zero attached hydrogens (tertiary/aromatic N) is 1. The van der Waals surface area contributed by atoms with Crippen molar-refractivity contribution < 1.29 is 4.79 Å². The van der Waals surface area contributed by atoms with Crippen LogP contribution in [0.4, 0.5) is 5.69 Å². The average molecular weight is 412 g/mol. The summed E-state index contributed by atoms with van der Waals surface area (Å²) in [5, 5.41) is 10.7. The molecule has 0 aliphatic rings. The fourth-order valence-corrected chi connectivity index (χ4v) is 2.91. The number of aromatic amines is 2. The molecule has 0 spiro atoms. The van der Waals surface area contributed by atoms with Gasteiger partial charge >= 0.3 is 0 Å². The van der Waals surface area contributed by atoms with Gasteiger partial charge in [-0.3, -0.25) is 9.89 Å². The van der Waals surface area contributed by atoms with Crippen molar-refractivity contribution >= 4 is 54.4 Å². The molecular formula is C14H12Br2N4O. The maximum absolute atomic E-state index is 12.5. The average Bonchev–Trinajstić information content (AvgIpc) is 2.97. The molecule has 3 N–H and O–H groups in total. The molecule has 0 atom stereocenters. The van der Waals surface area contributed by atoms with E-state index in [9.17, 15) is 4.79 Å². The van der Waals surface area contributed by atoms with Crippen LogP contribution >= 0.6 is 31.9 Å². The maximum Gasteiger partial charge on any atom is 0.257 e. The monoisotopic (exact) mass is 410 g/mol. The van der Waals surface area contributed by atoms with E-state index in [1.54, 1.807) is 6.20 Å². The second-order valence-corrected chi connectivity index (χ2v) is 6.49. The van der Waals surface area contributed by atoms with Crippen LogP contribution in [0.5, 0.6) is 0 Å². The summed E-state index contributed by atoms with van der Waals surface area (Å²) in [6.07, 6.45) is 1.71. The van der Waals surface area contributed by atoms with Gasteiger partial charge in [-0.1, -0.05) is 0 Å². The van der Waals surface area contributed by atoms with Gasteiger partial charge in [0.25, 0.3) is 5.91 Å². The number of fused-ring (bicyclic) bond motifs is 1. The normalized spacial score (nSPS) is 11.0. The number of benzene rings is 1. The Bertz CT molecular complexity index is 831. The number of nitrogens with one attached hydrogen (secondary N) is 3. The van der Waals surface area contributed by atoms with Gasteiger partial charge in [0, 0.05) is 26.0 Å². The summed E-state index contributed by atoms with van der Waals surface area (Å²) in [6.45, 7) is 3.72. The minimum atomic E-state index is -0.164. The SMILES string of the molecule is Cc1n[nH]c(C)c1NC(=O)c1c[nH]c2cc(Br)c(Br)cc12. The Balaban J connectivity index is 2.01. The number of carbonyl (C=O) groups excluding carboxylic acids is 1. The van der Waals surface area contributed by atoms with Crippen molar-refractivity contribution in [3.05, 3.63) is 44.2 Å². The number of anilines is 1. The van der Waals surface area contributed by atoms with Gasteiger partial charge in [0.2, 0.25) is 0 Å². The molecule has 0 aliphatic carbocycles. The Hall–Kier alpha value is -1.60. The first-order chi connectivity index (χ1) is 9.97. The smallest absolute Gasteiger partial charge is 0.257 e. The Kier molecular flexibility index (Phi) is 3.62. The molecule has 5 nitrogen and oxygen atoms in total. The van der Waals surface area contributed by atoms with E-state index in [0.29, 0.717) is 5.56 Å². The molecule has 0 fully saturated rings. The Morgan fingerprint density at radius 2 is 1.95 bits per heavy atom. The summed E-state index contributed by atoms with van der Waals surface area (Å²) in [5.74, 6) is -0.164. The zero-order valence-corrected chi connectivity index (χ0v) is 14.5. The van der Waals surface area contributed by atoms with E-state index < -0.39 is 0 Å². The van der Waals surface area contributed by atoms with Gasteiger partial charge < -0.3 is 10.3 Å². The zero-order chi connectivity index (χ0) is 15.1. The maximum atomic E-state index is 12.5. The molecule has 0 aliphatic heterocycles. The summed E-state index contributed by atoms with van der Waals surface area (Å²) in [4.78, 5) is 15.6. The number of hydrogen-bond acceptors (Lipinski definition) is 2. The second-order valence-electron chi connectivity index (χ2n) is 4.78. The molecular weight excluding hydrogens is 400 g/mol. The molecule has 2 heterocycles.